The summed E-state index contributed by atoms with van der Waals surface area (Å²) in [7, 11) is 1.45. The molecule has 1 saturated heterocycles. The number of Topliss-reactive ketones (excluding diaryl/α,β-unsaturated/α-hetero) is 1. The van der Waals surface area contributed by atoms with Gasteiger partial charge < -0.3 is 19.8 Å². The number of methoxy groups -OCH3 is 1. The smallest absolute Gasteiger partial charge is 0.295 e. The zero-order valence-electron chi connectivity index (χ0n) is 17.3. The molecule has 6 heteroatoms. The number of nitrogens with zero attached hydrogens (tertiary/aromatic N) is 1. The number of amides is 1. The molecule has 2 N–H and O–H groups in total. The van der Waals surface area contributed by atoms with Crippen LogP contribution in [0.5, 0.6) is 11.5 Å². The van der Waals surface area contributed by atoms with E-state index in [1.54, 1.807) is 36.4 Å². The van der Waals surface area contributed by atoms with Gasteiger partial charge in [0.1, 0.15) is 5.76 Å². The van der Waals surface area contributed by atoms with Crippen molar-refractivity contribution in [2.24, 2.45) is 0 Å². The lowest BCUT2D eigenvalue weighted by Crippen LogP contribution is -2.30. The summed E-state index contributed by atoms with van der Waals surface area (Å²) in [5, 5.41) is 21.2. The quantitative estimate of drug-likeness (QED) is 0.292. The average molecular weight is 409 g/mol. The number of unbranched alkanes of at least 4 members (excludes halogenated alkanes) is 3. The Morgan fingerprint density at radius 2 is 1.80 bits per heavy atom. The Balaban J connectivity index is 2.08. The minimum absolute atomic E-state index is 0.0336. The van der Waals surface area contributed by atoms with Crippen LogP contribution in [0.4, 0.5) is 0 Å². The minimum Gasteiger partial charge on any atom is -0.507 e. The molecule has 1 amide bonds. The van der Waals surface area contributed by atoms with Gasteiger partial charge in [-0.1, -0.05) is 62.6 Å². The first-order chi connectivity index (χ1) is 14.5. The number of hydrogen-bond donors (Lipinski definition) is 2. The van der Waals surface area contributed by atoms with Gasteiger partial charge >= 0.3 is 0 Å². The lowest BCUT2D eigenvalue weighted by atomic mass is 9.95. The van der Waals surface area contributed by atoms with E-state index in [1.807, 2.05) is 6.07 Å². The average Bonchev–Trinajstić information content (AvgIpc) is 3.01. The lowest BCUT2D eigenvalue weighted by Gasteiger charge is -2.25. The van der Waals surface area contributed by atoms with Crippen molar-refractivity contribution in [2.75, 3.05) is 13.7 Å². The maximum Gasteiger partial charge on any atom is 0.295 e. The van der Waals surface area contributed by atoms with Gasteiger partial charge in [-0.05, 0) is 24.1 Å². The van der Waals surface area contributed by atoms with Gasteiger partial charge in [0, 0.05) is 12.1 Å². The monoisotopic (exact) mass is 409 g/mol. The van der Waals surface area contributed by atoms with Crippen LogP contribution in [-0.2, 0) is 9.59 Å². The van der Waals surface area contributed by atoms with Crippen LogP contribution in [0.25, 0.3) is 5.76 Å². The van der Waals surface area contributed by atoms with E-state index in [4.69, 9.17) is 4.74 Å². The SMILES string of the molecule is CCCCCCN1C(=O)C(=O)/C(=C(\O)c2ccccc2)C1c1ccc(OC)c(O)c1. The summed E-state index contributed by atoms with van der Waals surface area (Å²) in [6.45, 7) is 2.50. The van der Waals surface area contributed by atoms with Gasteiger partial charge in [0.25, 0.3) is 11.7 Å². The summed E-state index contributed by atoms with van der Waals surface area (Å²) in [5.74, 6) is -1.37. The molecule has 6 nitrogen and oxygen atoms in total. The Kier molecular flexibility index (Phi) is 6.77. The molecule has 2 aromatic carbocycles. The fourth-order valence-corrected chi connectivity index (χ4v) is 3.79. The van der Waals surface area contributed by atoms with Crippen LogP contribution in [-0.4, -0.2) is 40.5 Å². The topological polar surface area (TPSA) is 87.1 Å². The van der Waals surface area contributed by atoms with Crippen LogP contribution in [0.1, 0.15) is 49.8 Å². The first kappa shape index (κ1) is 21.4. The van der Waals surface area contributed by atoms with E-state index in [0.717, 1.165) is 25.7 Å². The van der Waals surface area contributed by atoms with Crippen LogP contribution in [0, 0.1) is 0 Å². The number of carbonyl (C=O) groups is 2. The van der Waals surface area contributed by atoms with Crippen molar-refractivity contribution in [1.29, 1.82) is 0 Å². The maximum absolute atomic E-state index is 12.9. The fraction of sp³-hybridized carbons (Fsp3) is 0.333. The van der Waals surface area contributed by atoms with Crippen molar-refractivity contribution in [1.82, 2.24) is 4.90 Å². The number of carbonyl (C=O) groups excluding carboxylic acids is 2. The molecule has 1 aliphatic rings. The number of ketones is 1. The largest absolute Gasteiger partial charge is 0.507 e. The van der Waals surface area contributed by atoms with Crippen molar-refractivity contribution in [3.05, 3.63) is 65.2 Å². The molecular weight excluding hydrogens is 382 g/mol. The van der Waals surface area contributed by atoms with Gasteiger partial charge in [0.15, 0.2) is 11.5 Å². The van der Waals surface area contributed by atoms with Crippen molar-refractivity contribution in [3.63, 3.8) is 0 Å². The van der Waals surface area contributed by atoms with Crippen LogP contribution in [0.15, 0.2) is 54.1 Å². The second kappa shape index (κ2) is 9.48. The van der Waals surface area contributed by atoms with Gasteiger partial charge in [-0.15, -0.1) is 0 Å². The number of phenols is 1. The van der Waals surface area contributed by atoms with Crippen molar-refractivity contribution < 1.29 is 24.5 Å². The second-order valence-corrected chi connectivity index (χ2v) is 7.35. The van der Waals surface area contributed by atoms with Crippen LogP contribution in [0.2, 0.25) is 0 Å². The number of aliphatic hydroxyl groups is 1. The summed E-state index contributed by atoms with van der Waals surface area (Å²) in [6, 6.07) is 12.7. The third kappa shape index (κ3) is 4.17. The van der Waals surface area contributed by atoms with E-state index in [1.165, 1.54) is 18.1 Å². The Morgan fingerprint density at radius 3 is 2.43 bits per heavy atom. The standard InChI is InChI=1S/C24H27NO5/c1-3-4-5-9-14-25-21(17-12-13-19(30-2)18(26)15-17)20(23(28)24(25)29)22(27)16-10-7-6-8-11-16/h6-8,10-13,15,21,26-27H,3-5,9,14H2,1-2H3/b22-20-. The van der Waals surface area contributed by atoms with Gasteiger partial charge in [-0.25, -0.2) is 0 Å². The molecule has 0 aromatic heterocycles. The number of hydrogen-bond acceptors (Lipinski definition) is 5. The number of ether oxygens (including phenoxy) is 1. The van der Waals surface area contributed by atoms with Crippen LogP contribution < -0.4 is 4.74 Å². The van der Waals surface area contributed by atoms with Gasteiger partial charge in [0.2, 0.25) is 0 Å². The summed E-state index contributed by atoms with van der Waals surface area (Å²) in [4.78, 5) is 27.3. The zero-order chi connectivity index (χ0) is 21.7. The normalized spacial score (nSPS) is 18.1. The molecular formula is C24H27NO5. The van der Waals surface area contributed by atoms with E-state index in [9.17, 15) is 19.8 Å². The molecule has 3 rings (SSSR count). The highest BCUT2D eigenvalue weighted by atomic mass is 16.5. The van der Waals surface area contributed by atoms with E-state index in [2.05, 4.69) is 6.92 Å². The fourth-order valence-electron chi connectivity index (χ4n) is 3.79. The third-order valence-corrected chi connectivity index (χ3v) is 5.36. The zero-order valence-corrected chi connectivity index (χ0v) is 17.3. The number of aromatic hydroxyl groups is 1. The van der Waals surface area contributed by atoms with Crippen LogP contribution in [0.3, 0.4) is 0 Å². The third-order valence-electron chi connectivity index (χ3n) is 5.36. The predicted octanol–water partition coefficient (Wildman–Crippen LogP) is 4.40. The Hall–Kier alpha value is -3.28. The van der Waals surface area contributed by atoms with Crippen LogP contribution >= 0.6 is 0 Å². The Labute approximate surface area is 176 Å². The van der Waals surface area contributed by atoms with Crippen molar-refractivity contribution in [3.8, 4) is 11.5 Å². The minimum atomic E-state index is -0.774. The van der Waals surface area contributed by atoms with E-state index in [-0.39, 0.29) is 17.1 Å². The Bertz CT molecular complexity index is 951. The summed E-state index contributed by atoms with van der Waals surface area (Å²) >= 11 is 0. The molecule has 0 aliphatic carbocycles. The highest BCUT2D eigenvalue weighted by Gasteiger charge is 2.45. The molecule has 1 fully saturated rings. The summed E-state index contributed by atoms with van der Waals surface area (Å²) < 4.78 is 5.11. The molecule has 0 saturated carbocycles. The van der Waals surface area contributed by atoms with Crippen molar-refractivity contribution in [2.45, 2.75) is 38.6 Å². The summed E-state index contributed by atoms with van der Waals surface area (Å²) in [6.07, 6.45) is 3.80. The first-order valence-electron chi connectivity index (χ1n) is 10.2. The lowest BCUT2D eigenvalue weighted by molar-refractivity contribution is -0.139. The highest BCUT2D eigenvalue weighted by molar-refractivity contribution is 6.46. The van der Waals surface area contributed by atoms with E-state index >= 15 is 0 Å². The van der Waals surface area contributed by atoms with E-state index < -0.39 is 17.7 Å². The molecule has 1 heterocycles. The number of aliphatic hydroxyl groups excluding tert-OH is 1. The number of rotatable bonds is 8. The van der Waals surface area contributed by atoms with Gasteiger partial charge in [0.05, 0.1) is 18.7 Å². The number of benzene rings is 2. The molecule has 1 aliphatic heterocycles. The van der Waals surface area contributed by atoms with E-state index in [0.29, 0.717) is 23.4 Å². The Morgan fingerprint density at radius 1 is 1.07 bits per heavy atom. The maximum atomic E-state index is 12.9. The molecule has 0 spiro atoms. The second-order valence-electron chi connectivity index (χ2n) is 7.35. The molecule has 158 valence electrons. The molecule has 0 bridgehead atoms. The summed E-state index contributed by atoms with van der Waals surface area (Å²) in [5.41, 5.74) is 1.04. The van der Waals surface area contributed by atoms with Gasteiger partial charge in [-0.2, -0.15) is 0 Å². The molecule has 1 atom stereocenters. The highest BCUT2D eigenvalue weighted by Crippen LogP contribution is 2.41. The molecule has 2 aromatic rings. The molecule has 1 unspecified atom stereocenters. The first-order valence-corrected chi connectivity index (χ1v) is 10.2. The number of likely N-dealkylation sites (tertiary alicyclic amines) is 1. The number of phenolic OH excluding ortho intramolecular Hbond substituents is 1. The van der Waals surface area contributed by atoms with Crippen molar-refractivity contribution >= 4 is 17.4 Å². The molecule has 0 radical (unpaired) electrons. The molecule has 30 heavy (non-hydrogen) atoms. The van der Waals surface area contributed by atoms with Gasteiger partial charge in [-0.3, -0.25) is 9.59 Å². The predicted molar refractivity (Wildman–Crippen MR) is 114 cm³/mol.